The Morgan fingerprint density at radius 1 is 1.53 bits per heavy atom. The Hall–Kier alpha value is -2.82. The third kappa shape index (κ3) is 3.21. The van der Waals surface area contributed by atoms with Crippen LogP contribution in [0.25, 0.3) is 0 Å². The van der Waals surface area contributed by atoms with Crippen LogP contribution in [0.5, 0.6) is 0 Å². The second-order valence-electron chi connectivity index (χ2n) is 7.31. The SMILES string of the molecule is CCO/N=C(\C(=O)N[C@@H]1C(=O)N2[C@@H]1S(=O)(=O)C[C@@H]1CC(O)O[C@@]12C(=O)O)c1csc(N)n1. The van der Waals surface area contributed by atoms with Crippen LogP contribution in [0.2, 0.25) is 0 Å². The van der Waals surface area contributed by atoms with Crippen molar-refractivity contribution in [3.63, 3.8) is 0 Å². The number of carboxylic acid groups (broad SMARTS) is 1. The van der Waals surface area contributed by atoms with Gasteiger partial charge in [-0.3, -0.25) is 14.5 Å². The lowest BCUT2D eigenvalue weighted by molar-refractivity contribution is -0.240. The Kier molecular flexibility index (Phi) is 5.35. The van der Waals surface area contributed by atoms with Crippen LogP contribution in [0.1, 0.15) is 19.0 Å². The molecule has 16 heteroatoms. The van der Waals surface area contributed by atoms with E-state index in [0.717, 1.165) is 11.3 Å². The number of ether oxygens (including phenoxy) is 1. The highest BCUT2D eigenvalue weighted by Crippen LogP contribution is 2.49. The summed E-state index contributed by atoms with van der Waals surface area (Å²) in [5.41, 5.74) is 2.97. The van der Waals surface area contributed by atoms with Gasteiger partial charge in [0.1, 0.15) is 18.3 Å². The molecule has 174 valence electrons. The van der Waals surface area contributed by atoms with Gasteiger partial charge in [-0.1, -0.05) is 5.16 Å². The molecule has 5 N–H and O–H groups in total. The van der Waals surface area contributed by atoms with Gasteiger partial charge in [0.15, 0.2) is 32.3 Å². The van der Waals surface area contributed by atoms with Crippen molar-refractivity contribution in [2.45, 2.75) is 36.8 Å². The molecule has 1 unspecified atom stereocenters. The number of rotatable bonds is 6. The van der Waals surface area contributed by atoms with Crippen molar-refractivity contribution in [3.8, 4) is 0 Å². The van der Waals surface area contributed by atoms with Crippen molar-refractivity contribution < 1.29 is 42.6 Å². The zero-order valence-corrected chi connectivity index (χ0v) is 18.1. The summed E-state index contributed by atoms with van der Waals surface area (Å²) in [6.07, 6.45) is -1.82. The molecular weight excluding hydrogens is 470 g/mol. The van der Waals surface area contributed by atoms with E-state index in [0.29, 0.717) is 4.90 Å². The fourth-order valence-electron chi connectivity index (χ4n) is 4.15. The maximum atomic E-state index is 12.9. The number of carbonyl (C=O) groups is 3. The molecule has 1 aromatic heterocycles. The van der Waals surface area contributed by atoms with Crippen molar-refractivity contribution in [1.82, 2.24) is 15.2 Å². The number of aliphatic hydroxyl groups excluding tert-OH is 1. The van der Waals surface area contributed by atoms with Crippen molar-refractivity contribution in [2.75, 3.05) is 18.1 Å². The monoisotopic (exact) mass is 489 g/mol. The Balaban J connectivity index is 1.64. The maximum Gasteiger partial charge on any atom is 0.358 e. The van der Waals surface area contributed by atoms with Crippen molar-refractivity contribution in [3.05, 3.63) is 11.1 Å². The van der Waals surface area contributed by atoms with Crippen molar-refractivity contribution in [2.24, 2.45) is 11.1 Å². The average molecular weight is 489 g/mol. The highest BCUT2D eigenvalue weighted by Gasteiger charge is 2.74. The number of oxime groups is 1. The van der Waals surface area contributed by atoms with E-state index in [2.05, 4.69) is 15.5 Å². The molecule has 14 nitrogen and oxygen atoms in total. The Morgan fingerprint density at radius 3 is 2.84 bits per heavy atom. The summed E-state index contributed by atoms with van der Waals surface area (Å²) >= 11 is 1.03. The number of aliphatic carboxylic acids is 1. The van der Waals surface area contributed by atoms with E-state index in [1.54, 1.807) is 6.92 Å². The summed E-state index contributed by atoms with van der Waals surface area (Å²) in [5, 5.41) is 25.4. The predicted octanol–water partition coefficient (Wildman–Crippen LogP) is -2.32. The fraction of sp³-hybridized carbons (Fsp3) is 0.562. The molecule has 3 fully saturated rings. The normalized spacial score (nSPS) is 33.1. The summed E-state index contributed by atoms with van der Waals surface area (Å²) in [6.45, 7) is 1.74. The number of carboxylic acids is 1. The van der Waals surface area contributed by atoms with E-state index in [4.69, 9.17) is 15.3 Å². The van der Waals surface area contributed by atoms with Gasteiger partial charge in [0.2, 0.25) is 5.72 Å². The number of carbonyl (C=O) groups excluding carboxylic acids is 2. The predicted molar refractivity (Wildman–Crippen MR) is 107 cm³/mol. The number of hydrogen-bond donors (Lipinski definition) is 4. The van der Waals surface area contributed by atoms with Gasteiger partial charge in [-0.2, -0.15) is 0 Å². The number of β-lactam (4-membered cyclic amide) rings is 1. The lowest BCUT2D eigenvalue weighted by Gasteiger charge is -2.56. The molecule has 3 aliphatic heterocycles. The maximum absolute atomic E-state index is 12.9. The first kappa shape index (κ1) is 22.4. The van der Waals surface area contributed by atoms with Crippen LogP contribution in [-0.4, -0.2) is 87.8 Å². The quantitative estimate of drug-likeness (QED) is 0.189. The van der Waals surface area contributed by atoms with E-state index in [1.165, 1.54) is 5.38 Å². The summed E-state index contributed by atoms with van der Waals surface area (Å²) < 4.78 is 30.9. The van der Waals surface area contributed by atoms with Crippen molar-refractivity contribution >= 4 is 49.8 Å². The number of sulfone groups is 1. The van der Waals surface area contributed by atoms with Crippen LogP contribution in [0.15, 0.2) is 10.5 Å². The molecule has 3 saturated heterocycles. The molecule has 0 saturated carbocycles. The lowest BCUT2D eigenvalue weighted by Crippen LogP contribution is -2.84. The zero-order valence-electron chi connectivity index (χ0n) is 16.5. The molecule has 1 aromatic rings. The first-order valence-electron chi connectivity index (χ1n) is 9.39. The number of nitrogens with one attached hydrogen (secondary N) is 1. The summed E-state index contributed by atoms with van der Waals surface area (Å²) in [4.78, 5) is 47.2. The molecular formula is C16H19N5O9S2. The van der Waals surface area contributed by atoms with Gasteiger partial charge in [0, 0.05) is 17.7 Å². The molecule has 0 spiro atoms. The van der Waals surface area contributed by atoms with E-state index < -0.39 is 62.7 Å². The van der Waals surface area contributed by atoms with E-state index >= 15 is 0 Å². The second kappa shape index (κ2) is 7.65. The molecule has 5 atom stereocenters. The minimum absolute atomic E-state index is 0.0536. The largest absolute Gasteiger partial charge is 0.478 e. The second-order valence-corrected chi connectivity index (χ2v) is 10.3. The van der Waals surface area contributed by atoms with Crippen LogP contribution in [0.3, 0.4) is 0 Å². The summed E-state index contributed by atoms with van der Waals surface area (Å²) in [5.74, 6) is -5.35. The van der Waals surface area contributed by atoms with Crippen LogP contribution >= 0.6 is 11.3 Å². The fourth-order valence-corrected chi connectivity index (χ4v) is 7.00. The van der Waals surface area contributed by atoms with Gasteiger partial charge >= 0.3 is 5.97 Å². The van der Waals surface area contributed by atoms with Crippen molar-refractivity contribution in [1.29, 1.82) is 0 Å². The number of nitrogens with zero attached hydrogens (tertiary/aromatic N) is 3. The number of nitrogens with two attached hydrogens (primary N) is 1. The van der Waals surface area contributed by atoms with E-state index in [1.807, 2.05) is 0 Å². The number of hydrogen-bond acceptors (Lipinski definition) is 12. The first-order chi connectivity index (χ1) is 15.0. The van der Waals surface area contributed by atoms with Gasteiger partial charge in [0.05, 0.1) is 5.75 Å². The average Bonchev–Trinajstić information content (AvgIpc) is 3.27. The van der Waals surface area contributed by atoms with Gasteiger partial charge in [-0.05, 0) is 6.92 Å². The number of amides is 2. The zero-order chi connectivity index (χ0) is 23.4. The van der Waals surface area contributed by atoms with Crippen LogP contribution in [0.4, 0.5) is 5.13 Å². The molecule has 0 aromatic carbocycles. The van der Waals surface area contributed by atoms with E-state index in [-0.39, 0.29) is 29.6 Å². The number of nitrogen functional groups attached to an aromatic ring is 1. The third-order valence-corrected chi connectivity index (χ3v) is 8.18. The molecule has 32 heavy (non-hydrogen) atoms. The van der Waals surface area contributed by atoms with Gasteiger partial charge in [0.25, 0.3) is 11.8 Å². The highest BCUT2D eigenvalue weighted by molar-refractivity contribution is 7.92. The minimum Gasteiger partial charge on any atom is -0.478 e. The Labute approximate surface area is 184 Å². The summed E-state index contributed by atoms with van der Waals surface area (Å²) in [6, 6.07) is -1.59. The smallest absolute Gasteiger partial charge is 0.358 e. The first-order valence-corrected chi connectivity index (χ1v) is 12.0. The third-order valence-electron chi connectivity index (χ3n) is 5.42. The van der Waals surface area contributed by atoms with Gasteiger partial charge in [-0.25, -0.2) is 18.2 Å². The Bertz CT molecular complexity index is 1120. The van der Waals surface area contributed by atoms with E-state index in [9.17, 15) is 33.0 Å². The van der Waals surface area contributed by atoms with Gasteiger partial charge in [-0.15, -0.1) is 11.3 Å². The van der Waals surface area contributed by atoms with Crippen LogP contribution < -0.4 is 11.1 Å². The molecule has 0 radical (unpaired) electrons. The van der Waals surface area contributed by atoms with Gasteiger partial charge < -0.3 is 30.8 Å². The minimum atomic E-state index is -4.07. The number of anilines is 1. The number of thiazole rings is 1. The molecule has 0 aliphatic carbocycles. The topological polar surface area (TPSA) is 211 Å². The number of aromatic nitrogens is 1. The van der Waals surface area contributed by atoms with Crippen LogP contribution in [-0.2, 0) is 33.8 Å². The molecule has 2 amide bonds. The standard InChI is InChI=1S/C16H19N5O9S2/c1-2-29-20-9(7-4-31-15(17)18-7)11(23)19-10-12(24)21-13(10)32(27,28)5-6-3-8(22)30-16(6,21)14(25)26/h4,6,8,10,13,22H,2-3,5H2,1H3,(H2,17,18)(H,19,23)(H,25,26)/b20-9-/t6-,8?,10+,13+,16+/m0/s1. The Morgan fingerprint density at radius 2 is 2.25 bits per heavy atom. The molecule has 3 aliphatic rings. The number of aliphatic hydroxyl groups is 1. The number of fused-ring (bicyclic) bond motifs is 3. The molecule has 0 bridgehead atoms. The highest BCUT2D eigenvalue weighted by atomic mass is 32.2. The summed E-state index contributed by atoms with van der Waals surface area (Å²) in [7, 11) is -4.07. The van der Waals surface area contributed by atoms with Crippen LogP contribution in [0, 0.1) is 5.92 Å². The molecule has 4 rings (SSSR count). The molecule has 4 heterocycles. The lowest BCUT2D eigenvalue weighted by atomic mass is 9.89.